The summed E-state index contributed by atoms with van der Waals surface area (Å²) in [5.41, 5.74) is 1.61. The quantitative estimate of drug-likeness (QED) is 0.810. The summed E-state index contributed by atoms with van der Waals surface area (Å²) in [5.74, 6) is 0.461. The summed E-state index contributed by atoms with van der Waals surface area (Å²) < 4.78 is 5.65. The molecule has 18 heavy (non-hydrogen) atoms. The van der Waals surface area contributed by atoms with E-state index in [1.807, 2.05) is 26.0 Å². The Kier molecular flexibility index (Phi) is 5.65. The lowest BCUT2D eigenvalue weighted by atomic mass is 10.1. The Bertz CT molecular complexity index is 404. The molecule has 0 saturated carbocycles. The van der Waals surface area contributed by atoms with Crippen LogP contribution in [0.5, 0.6) is 5.75 Å². The lowest BCUT2D eigenvalue weighted by Gasteiger charge is -2.18. The van der Waals surface area contributed by atoms with Crippen LogP contribution in [0.15, 0.2) is 18.2 Å². The molecule has 2 N–H and O–H groups in total. The summed E-state index contributed by atoms with van der Waals surface area (Å²) in [7, 11) is 0. The zero-order valence-electron chi connectivity index (χ0n) is 11.2. The largest absolute Gasteiger partial charge is 0.480 e. The average molecular weight is 251 g/mol. The van der Waals surface area contributed by atoms with E-state index in [4.69, 9.17) is 4.74 Å². The molecule has 1 atom stereocenters. The number of aliphatic hydroxyl groups is 1. The standard InChI is InChI=1S/C14H21NO3/c1-4-8-15-14(17)11(3)18-13-10(2)6-5-7-12(13)9-16/h5-7,11,16H,4,8-9H2,1-3H3,(H,15,17). The van der Waals surface area contributed by atoms with E-state index in [2.05, 4.69) is 5.32 Å². The fourth-order valence-electron chi connectivity index (χ4n) is 1.63. The molecule has 1 aromatic rings. The van der Waals surface area contributed by atoms with Crippen LogP contribution >= 0.6 is 0 Å². The zero-order chi connectivity index (χ0) is 13.5. The fourth-order valence-corrected chi connectivity index (χ4v) is 1.63. The van der Waals surface area contributed by atoms with Crippen LogP contribution in [0.4, 0.5) is 0 Å². The van der Waals surface area contributed by atoms with E-state index < -0.39 is 6.10 Å². The maximum atomic E-state index is 11.7. The number of rotatable bonds is 6. The molecule has 0 aliphatic rings. The summed E-state index contributed by atoms with van der Waals surface area (Å²) in [4.78, 5) is 11.7. The Hall–Kier alpha value is -1.55. The highest BCUT2D eigenvalue weighted by Crippen LogP contribution is 2.24. The number of carbonyl (C=O) groups is 1. The fraction of sp³-hybridized carbons (Fsp3) is 0.500. The van der Waals surface area contributed by atoms with E-state index in [-0.39, 0.29) is 12.5 Å². The first kappa shape index (κ1) is 14.5. The Morgan fingerprint density at radius 2 is 2.22 bits per heavy atom. The topological polar surface area (TPSA) is 58.6 Å². The molecule has 4 nitrogen and oxygen atoms in total. The maximum absolute atomic E-state index is 11.7. The molecule has 1 rings (SSSR count). The van der Waals surface area contributed by atoms with Crippen molar-refractivity contribution >= 4 is 5.91 Å². The summed E-state index contributed by atoms with van der Waals surface area (Å²) in [6.45, 7) is 6.15. The SMILES string of the molecule is CCCNC(=O)C(C)Oc1c(C)cccc1CO. The first-order valence-electron chi connectivity index (χ1n) is 6.23. The maximum Gasteiger partial charge on any atom is 0.260 e. The molecule has 0 radical (unpaired) electrons. The van der Waals surface area contributed by atoms with Crippen LogP contribution in [0.25, 0.3) is 0 Å². The van der Waals surface area contributed by atoms with Crippen LogP contribution in [0.1, 0.15) is 31.4 Å². The van der Waals surface area contributed by atoms with Crippen molar-refractivity contribution in [2.24, 2.45) is 0 Å². The highest BCUT2D eigenvalue weighted by molar-refractivity contribution is 5.80. The summed E-state index contributed by atoms with van der Waals surface area (Å²) in [6.07, 6.45) is 0.327. The Morgan fingerprint density at radius 3 is 2.83 bits per heavy atom. The number of hydrogen-bond acceptors (Lipinski definition) is 3. The first-order chi connectivity index (χ1) is 8.60. The third-order valence-corrected chi connectivity index (χ3v) is 2.68. The molecule has 1 unspecified atom stereocenters. The van der Waals surface area contributed by atoms with Crippen LogP contribution < -0.4 is 10.1 Å². The van der Waals surface area contributed by atoms with Crippen LogP contribution in [0.3, 0.4) is 0 Å². The van der Waals surface area contributed by atoms with E-state index in [1.165, 1.54) is 0 Å². The molecular formula is C14H21NO3. The van der Waals surface area contributed by atoms with Gasteiger partial charge in [-0.15, -0.1) is 0 Å². The van der Waals surface area contributed by atoms with Gasteiger partial charge in [0.25, 0.3) is 5.91 Å². The minimum absolute atomic E-state index is 0.0969. The van der Waals surface area contributed by atoms with E-state index in [9.17, 15) is 9.90 Å². The molecule has 4 heteroatoms. The number of hydrogen-bond donors (Lipinski definition) is 2. The predicted octanol–water partition coefficient (Wildman–Crippen LogP) is 1.78. The van der Waals surface area contributed by atoms with Crippen LogP contribution in [0.2, 0.25) is 0 Å². The number of amides is 1. The Morgan fingerprint density at radius 1 is 1.50 bits per heavy atom. The highest BCUT2D eigenvalue weighted by atomic mass is 16.5. The summed E-state index contributed by atoms with van der Waals surface area (Å²) in [5, 5.41) is 12.0. The Balaban J connectivity index is 2.75. The normalized spacial score (nSPS) is 12.0. The van der Waals surface area contributed by atoms with E-state index in [1.54, 1.807) is 13.0 Å². The number of benzene rings is 1. The molecule has 1 amide bonds. The van der Waals surface area contributed by atoms with Crippen molar-refractivity contribution in [2.45, 2.75) is 39.9 Å². The van der Waals surface area contributed by atoms with Crippen molar-refractivity contribution in [1.82, 2.24) is 5.32 Å². The van der Waals surface area contributed by atoms with Gasteiger partial charge in [0.2, 0.25) is 0 Å². The third kappa shape index (κ3) is 3.74. The number of para-hydroxylation sites is 1. The van der Waals surface area contributed by atoms with Gasteiger partial charge in [0, 0.05) is 12.1 Å². The number of aryl methyl sites for hydroxylation is 1. The summed E-state index contributed by atoms with van der Waals surface area (Å²) in [6, 6.07) is 5.54. The van der Waals surface area contributed by atoms with Gasteiger partial charge < -0.3 is 15.2 Å². The van der Waals surface area contributed by atoms with Gasteiger partial charge in [-0.25, -0.2) is 0 Å². The van der Waals surface area contributed by atoms with Gasteiger partial charge in [-0.3, -0.25) is 4.79 Å². The smallest absolute Gasteiger partial charge is 0.260 e. The van der Waals surface area contributed by atoms with Gasteiger partial charge in [0.15, 0.2) is 6.10 Å². The average Bonchev–Trinajstić information content (AvgIpc) is 2.38. The number of aliphatic hydroxyl groups excluding tert-OH is 1. The van der Waals surface area contributed by atoms with Crippen LogP contribution in [0, 0.1) is 6.92 Å². The van der Waals surface area contributed by atoms with Gasteiger partial charge in [-0.1, -0.05) is 25.1 Å². The molecule has 0 bridgehead atoms. The monoisotopic (exact) mass is 251 g/mol. The molecule has 100 valence electrons. The molecule has 0 aliphatic heterocycles. The van der Waals surface area contributed by atoms with Crippen molar-refractivity contribution in [1.29, 1.82) is 0 Å². The second kappa shape index (κ2) is 7.01. The lowest BCUT2D eigenvalue weighted by Crippen LogP contribution is -2.36. The molecule has 0 aromatic heterocycles. The Labute approximate surface area is 108 Å². The highest BCUT2D eigenvalue weighted by Gasteiger charge is 2.16. The van der Waals surface area contributed by atoms with Crippen molar-refractivity contribution in [2.75, 3.05) is 6.54 Å². The molecular weight excluding hydrogens is 230 g/mol. The second-order valence-electron chi connectivity index (χ2n) is 4.27. The van der Waals surface area contributed by atoms with Crippen LogP contribution in [-0.2, 0) is 11.4 Å². The van der Waals surface area contributed by atoms with Gasteiger partial charge in [0.1, 0.15) is 5.75 Å². The zero-order valence-corrected chi connectivity index (χ0v) is 11.2. The van der Waals surface area contributed by atoms with E-state index in [0.29, 0.717) is 17.9 Å². The van der Waals surface area contributed by atoms with Crippen LogP contribution in [-0.4, -0.2) is 23.7 Å². The van der Waals surface area contributed by atoms with Gasteiger partial charge in [-0.05, 0) is 25.8 Å². The van der Waals surface area contributed by atoms with E-state index in [0.717, 1.165) is 12.0 Å². The molecule has 1 aromatic carbocycles. The number of ether oxygens (including phenoxy) is 1. The molecule has 0 saturated heterocycles. The minimum atomic E-state index is -0.567. The first-order valence-corrected chi connectivity index (χ1v) is 6.23. The van der Waals surface area contributed by atoms with E-state index >= 15 is 0 Å². The lowest BCUT2D eigenvalue weighted by molar-refractivity contribution is -0.127. The third-order valence-electron chi connectivity index (χ3n) is 2.68. The predicted molar refractivity (Wildman–Crippen MR) is 70.5 cm³/mol. The van der Waals surface area contributed by atoms with Gasteiger partial charge in [0.05, 0.1) is 6.61 Å². The number of carbonyl (C=O) groups excluding carboxylic acids is 1. The van der Waals surface area contributed by atoms with Gasteiger partial charge >= 0.3 is 0 Å². The van der Waals surface area contributed by atoms with Crippen molar-refractivity contribution in [3.63, 3.8) is 0 Å². The molecule has 0 aliphatic carbocycles. The number of nitrogens with one attached hydrogen (secondary N) is 1. The molecule has 0 spiro atoms. The molecule has 0 fully saturated rings. The molecule has 0 heterocycles. The van der Waals surface area contributed by atoms with Crippen molar-refractivity contribution in [3.05, 3.63) is 29.3 Å². The van der Waals surface area contributed by atoms with Gasteiger partial charge in [-0.2, -0.15) is 0 Å². The van der Waals surface area contributed by atoms with Crippen molar-refractivity contribution < 1.29 is 14.6 Å². The summed E-state index contributed by atoms with van der Waals surface area (Å²) >= 11 is 0. The van der Waals surface area contributed by atoms with Crippen molar-refractivity contribution in [3.8, 4) is 5.75 Å². The second-order valence-corrected chi connectivity index (χ2v) is 4.27. The minimum Gasteiger partial charge on any atom is -0.480 e.